The third-order valence-electron chi connectivity index (χ3n) is 5.38. The summed E-state index contributed by atoms with van der Waals surface area (Å²) in [6, 6.07) is -0.866. The zero-order valence-electron chi connectivity index (χ0n) is 15.6. The van der Waals surface area contributed by atoms with E-state index in [1.807, 2.05) is 0 Å². The Hall–Kier alpha value is -2.75. The third-order valence-corrected chi connectivity index (χ3v) is 5.38. The first-order valence-corrected chi connectivity index (χ1v) is 8.69. The van der Waals surface area contributed by atoms with Crippen LogP contribution in [-0.2, 0) is 39.6 Å². The lowest BCUT2D eigenvalue weighted by Gasteiger charge is -2.33. The summed E-state index contributed by atoms with van der Waals surface area (Å²) < 4.78 is 7.18. The molecule has 2 heterocycles. The van der Waals surface area contributed by atoms with Crippen molar-refractivity contribution in [1.82, 2.24) is 19.4 Å². The lowest BCUT2D eigenvalue weighted by Crippen LogP contribution is -2.50. The van der Waals surface area contributed by atoms with Crippen LogP contribution in [0.4, 0.5) is 0 Å². The van der Waals surface area contributed by atoms with E-state index in [0.717, 1.165) is 9.47 Å². The average molecular weight is 378 g/mol. The van der Waals surface area contributed by atoms with Gasteiger partial charge >= 0.3 is 11.7 Å². The Labute approximate surface area is 154 Å². The molecule has 1 aromatic rings. The first kappa shape index (κ1) is 19.0. The highest BCUT2D eigenvalue weighted by molar-refractivity contribution is 6.05. The van der Waals surface area contributed by atoms with Crippen molar-refractivity contribution in [3.05, 3.63) is 32.1 Å². The number of amides is 2. The quantitative estimate of drug-likeness (QED) is 0.478. The highest BCUT2D eigenvalue weighted by atomic mass is 16.5. The van der Waals surface area contributed by atoms with Crippen LogP contribution in [0.2, 0.25) is 0 Å². The van der Waals surface area contributed by atoms with Gasteiger partial charge < -0.3 is 9.30 Å². The average Bonchev–Trinajstić information content (AvgIpc) is 2.86. The number of fused-ring (bicyclic) bond motifs is 2. The van der Waals surface area contributed by atoms with Crippen LogP contribution in [0.1, 0.15) is 24.2 Å². The van der Waals surface area contributed by atoms with E-state index < -0.39 is 41.0 Å². The molecule has 27 heavy (non-hydrogen) atoms. The fourth-order valence-corrected chi connectivity index (χ4v) is 3.99. The van der Waals surface area contributed by atoms with Gasteiger partial charge in [-0.2, -0.15) is 0 Å². The Kier molecular flexibility index (Phi) is 4.77. The second-order valence-corrected chi connectivity index (χ2v) is 6.80. The van der Waals surface area contributed by atoms with Crippen LogP contribution < -0.4 is 16.6 Å². The molecule has 0 radical (unpaired) electrons. The largest absolute Gasteiger partial charge is 0.465 e. The molecule has 0 aromatic carbocycles. The summed E-state index contributed by atoms with van der Waals surface area (Å²) in [6.07, 6.45) is 0.119. The number of nitrogens with zero attached hydrogens (tertiary/aromatic N) is 3. The molecule has 2 aliphatic rings. The molecule has 10 heteroatoms. The maximum atomic E-state index is 12.8. The van der Waals surface area contributed by atoms with Crippen LogP contribution in [0.5, 0.6) is 0 Å². The van der Waals surface area contributed by atoms with E-state index in [1.54, 1.807) is 6.92 Å². The first-order valence-electron chi connectivity index (χ1n) is 8.69. The Bertz CT molecular complexity index is 946. The maximum absolute atomic E-state index is 12.8. The molecule has 1 aliphatic carbocycles. The molecule has 146 valence electrons. The van der Waals surface area contributed by atoms with Crippen LogP contribution >= 0.6 is 0 Å². The second kappa shape index (κ2) is 6.76. The number of rotatable bonds is 4. The van der Waals surface area contributed by atoms with Gasteiger partial charge in [-0.3, -0.25) is 34.0 Å². The number of nitrogens with one attached hydrogen (secondary N) is 1. The number of aromatic nitrogens is 2. The highest BCUT2D eigenvalue weighted by Gasteiger charge is 2.54. The monoisotopic (exact) mass is 378 g/mol. The number of hydrogen-bond donors (Lipinski definition) is 1. The number of hydrogen-bond acceptors (Lipinski definition) is 7. The van der Waals surface area contributed by atoms with E-state index in [0.29, 0.717) is 5.69 Å². The van der Waals surface area contributed by atoms with E-state index in [2.05, 4.69) is 5.32 Å². The third kappa shape index (κ3) is 2.80. The summed E-state index contributed by atoms with van der Waals surface area (Å²) >= 11 is 0. The van der Waals surface area contributed by atoms with Crippen molar-refractivity contribution in [3.63, 3.8) is 0 Å². The van der Waals surface area contributed by atoms with Crippen molar-refractivity contribution in [2.75, 3.05) is 20.2 Å². The molecule has 1 N–H and O–H groups in total. The molecule has 10 nitrogen and oxygen atoms in total. The molecule has 0 unspecified atom stereocenters. The van der Waals surface area contributed by atoms with Crippen molar-refractivity contribution in [3.8, 4) is 0 Å². The summed E-state index contributed by atoms with van der Waals surface area (Å²) in [4.78, 5) is 63.1. The normalized spacial score (nSPS) is 24.0. The van der Waals surface area contributed by atoms with Gasteiger partial charge in [0.05, 0.1) is 36.6 Å². The van der Waals surface area contributed by atoms with Crippen molar-refractivity contribution in [2.45, 2.75) is 19.4 Å². The second-order valence-electron chi connectivity index (χ2n) is 6.80. The Morgan fingerprint density at radius 3 is 2.41 bits per heavy atom. The number of likely N-dealkylation sites (tertiary alicyclic amines) is 1. The number of imide groups is 1. The SMILES string of the molecule is CCOC(=O)CN[C@H]1c2c(n(C)c(=O)n(C)c2=O)C[C@H]2C(=O)N(C)C(=O)[C@H]21. The van der Waals surface area contributed by atoms with Crippen molar-refractivity contribution < 1.29 is 19.1 Å². The number of carbonyl (C=O) groups excluding carboxylic acids is 3. The van der Waals surface area contributed by atoms with Crippen molar-refractivity contribution >= 4 is 17.8 Å². The lowest BCUT2D eigenvalue weighted by molar-refractivity contribution is -0.143. The Morgan fingerprint density at radius 2 is 1.78 bits per heavy atom. The van der Waals surface area contributed by atoms with Crippen LogP contribution in [0.25, 0.3) is 0 Å². The standard InChI is InChI=1S/C17H22N4O6/c1-5-27-10(22)7-18-13-11-8(14(23)20(3)15(11)24)6-9-12(13)16(25)21(4)17(26)19(9)2/h8,11,13,18H,5-7H2,1-4H3/t8-,11-,13-/m1/s1. The van der Waals surface area contributed by atoms with Gasteiger partial charge in [-0.25, -0.2) is 4.79 Å². The van der Waals surface area contributed by atoms with E-state index in [4.69, 9.17) is 4.74 Å². The van der Waals surface area contributed by atoms with Gasteiger partial charge in [0.25, 0.3) is 5.56 Å². The molecule has 2 amide bonds. The predicted octanol–water partition coefficient (Wildman–Crippen LogP) is -1.94. The van der Waals surface area contributed by atoms with Gasteiger partial charge in [-0.15, -0.1) is 0 Å². The molecule has 0 bridgehead atoms. The first-order chi connectivity index (χ1) is 12.7. The van der Waals surface area contributed by atoms with Crippen molar-refractivity contribution in [1.29, 1.82) is 0 Å². The topological polar surface area (TPSA) is 120 Å². The molecule has 0 saturated carbocycles. The molecular formula is C17H22N4O6. The molecular weight excluding hydrogens is 356 g/mol. The summed E-state index contributed by atoms with van der Waals surface area (Å²) in [5.74, 6) is -2.80. The number of ether oxygens (including phenoxy) is 1. The Balaban J connectivity index is 2.14. The number of esters is 1. The van der Waals surface area contributed by atoms with Crippen LogP contribution in [-0.4, -0.2) is 52.0 Å². The van der Waals surface area contributed by atoms with Crippen LogP contribution in [0, 0.1) is 11.8 Å². The molecule has 1 aromatic heterocycles. The Morgan fingerprint density at radius 1 is 1.11 bits per heavy atom. The summed E-state index contributed by atoms with van der Waals surface area (Å²) in [5, 5.41) is 2.92. The van der Waals surface area contributed by atoms with E-state index >= 15 is 0 Å². The van der Waals surface area contributed by atoms with Crippen LogP contribution in [0.15, 0.2) is 9.59 Å². The van der Waals surface area contributed by atoms with Gasteiger partial charge in [-0.1, -0.05) is 0 Å². The lowest BCUT2D eigenvalue weighted by atomic mass is 9.75. The molecule has 1 saturated heterocycles. The summed E-state index contributed by atoms with van der Waals surface area (Å²) in [5.41, 5.74) is -0.405. The van der Waals surface area contributed by atoms with Crippen molar-refractivity contribution in [2.24, 2.45) is 25.9 Å². The van der Waals surface area contributed by atoms with Gasteiger partial charge in [0, 0.05) is 33.3 Å². The molecule has 1 fully saturated rings. The molecule has 3 atom stereocenters. The molecule has 1 aliphatic heterocycles. The van der Waals surface area contributed by atoms with Crippen LogP contribution in [0.3, 0.4) is 0 Å². The summed E-state index contributed by atoms with van der Waals surface area (Å²) in [6.45, 7) is 1.64. The zero-order chi connectivity index (χ0) is 20.0. The fraction of sp³-hybridized carbons (Fsp3) is 0.588. The molecule has 0 spiro atoms. The smallest absolute Gasteiger partial charge is 0.330 e. The van der Waals surface area contributed by atoms with E-state index in [1.165, 1.54) is 25.7 Å². The molecule has 3 rings (SSSR count). The maximum Gasteiger partial charge on any atom is 0.330 e. The number of carbonyl (C=O) groups is 3. The predicted molar refractivity (Wildman–Crippen MR) is 92.8 cm³/mol. The minimum absolute atomic E-state index is 0.119. The van der Waals surface area contributed by atoms with E-state index in [-0.39, 0.29) is 31.0 Å². The minimum Gasteiger partial charge on any atom is -0.465 e. The summed E-state index contributed by atoms with van der Waals surface area (Å²) in [7, 11) is 4.27. The van der Waals surface area contributed by atoms with Gasteiger partial charge in [0.1, 0.15) is 0 Å². The highest BCUT2D eigenvalue weighted by Crippen LogP contribution is 2.41. The minimum atomic E-state index is -0.866. The van der Waals surface area contributed by atoms with Gasteiger partial charge in [-0.05, 0) is 6.92 Å². The van der Waals surface area contributed by atoms with E-state index in [9.17, 15) is 24.0 Å². The van der Waals surface area contributed by atoms with Gasteiger partial charge in [0.15, 0.2) is 0 Å². The fourth-order valence-electron chi connectivity index (χ4n) is 3.99. The van der Waals surface area contributed by atoms with Gasteiger partial charge in [0.2, 0.25) is 11.8 Å². The zero-order valence-corrected chi connectivity index (χ0v) is 15.6.